The van der Waals surface area contributed by atoms with E-state index in [0.717, 1.165) is 11.4 Å². The van der Waals surface area contributed by atoms with Gasteiger partial charge in [-0.3, -0.25) is 4.79 Å². The molecule has 2 aromatic rings. The third-order valence-corrected chi connectivity index (χ3v) is 3.57. The van der Waals surface area contributed by atoms with Gasteiger partial charge in [0.2, 0.25) is 5.91 Å². The molecule has 0 radical (unpaired) electrons. The molecule has 26 heavy (non-hydrogen) atoms. The smallest absolute Gasteiger partial charge is 0.226 e. The molecule has 0 spiro atoms. The summed E-state index contributed by atoms with van der Waals surface area (Å²) in [4.78, 5) is 12.1. The minimum Gasteiger partial charge on any atom is -0.493 e. The molecule has 0 aliphatic rings. The predicted molar refractivity (Wildman–Crippen MR) is 103 cm³/mol. The average molecular weight is 358 g/mol. The fourth-order valence-electron chi connectivity index (χ4n) is 2.38. The first-order chi connectivity index (χ1) is 12.5. The number of methoxy groups -OCH3 is 2. The molecule has 0 unspecified atom stereocenters. The maximum Gasteiger partial charge on any atom is 0.226 e. The van der Waals surface area contributed by atoms with E-state index in [9.17, 15) is 4.79 Å². The minimum atomic E-state index is -0.0792. The summed E-state index contributed by atoms with van der Waals surface area (Å²) < 4.78 is 16.0. The van der Waals surface area contributed by atoms with E-state index in [0.29, 0.717) is 30.2 Å². The first-order valence-corrected chi connectivity index (χ1v) is 8.54. The van der Waals surface area contributed by atoms with Crippen molar-refractivity contribution in [1.29, 1.82) is 0 Å². The van der Waals surface area contributed by atoms with Crippen molar-refractivity contribution in [2.24, 2.45) is 0 Å². The number of carbonyl (C=O) groups excluding carboxylic acids is 1. The van der Waals surface area contributed by atoms with E-state index >= 15 is 0 Å². The van der Waals surface area contributed by atoms with Gasteiger partial charge in [-0.05, 0) is 50.2 Å². The van der Waals surface area contributed by atoms with Crippen molar-refractivity contribution in [3.05, 3.63) is 42.5 Å². The Kier molecular flexibility index (Phi) is 7.14. The Balaban J connectivity index is 1.80. The van der Waals surface area contributed by atoms with Crippen LogP contribution in [0.2, 0.25) is 0 Å². The van der Waals surface area contributed by atoms with Crippen molar-refractivity contribution in [3.63, 3.8) is 0 Å². The third kappa shape index (κ3) is 5.88. The van der Waals surface area contributed by atoms with E-state index in [-0.39, 0.29) is 12.0 Å². The molecule has 0 atom stereocenters. The summed E-state index contributed by atoms with van der Waals surface area (Å²) in [5, 5.41) is 6.07. The third-order valence-electron chi connectivity index (χ3n) is 3.57. The molecule has 0 saturated heterocycles. The van der Waals surface area contributed by atoms with Crippen LogP contribution in [0.4, 0.5) is 11.4 Å². The van der Waals surface area contributed by atoms with Gasteiger partial charge in [0.15, 0.2) is 11.5 Å². The van der Waals surface area contributed by atoms with Crippen LogP contribution in [0, 0.1) is 0 Å². The van der Waals surface area contributed by atoms with Crippen molar-refractivity contribution >= 4 is 17.3 Å². The van der Waals surface area contributed by atoms with Gasteiger partial charge in [0.05, 0.1) is 20.3 Å². The lowest BCUT2D eigenvalue weighted by atomic mass is 10.2. The normalized spacial score (nSPS) is 10.3. The van der Waals surface area contributed by atoms with Gasteiger partial charge in [-0.15, -0.1) is 0 Å². The lowest BCUT2D eigenvalue weighted by Gasteiger charge is -2.12. The van der Waals surface area contributed by atoms with Gasteiger partial charge in [-0.2, -0.15) is 0 Å². The predicted octanol–water partition coefficient (Wildman–Crippen LogP) is 3.93. The molecule has 2 N–H and O–H groups in total. The Morgan fingerprint density at radius 2 is 1.62 bits per heavy atom. The number of hydrogen-bond acceptors (Lipinski definition) is 5. The van der Waals surface area contributed by atoms with Crippen LogP contribution < -0.4 is 24.8 Å². The van der Waals surface area contributed by atoms with E-state index in [4.69, 9.17) is 14.2 Å². The van der Waals surface area contributed by atoms with Crippen LogP contribution in [0.1, 0.15) is 20.3 Å². The number of rotatable bonds is 9. The molecule has 0 aromatic heterocycles. The van der Waals surface area contributed by atoms with Crippen LogP contribution in [0.3, 0.4) is 0 Å². The second-order valence-electron chi connectivity index (χ2n) is 5.99. The molecule has 2 rings (SSSR count). The van der Waals surface area contributed by atoms with Gasteiger partial charge in [0, 0.05) is 30.4 Å². The Morgan fingerprint density at radius 1 is 0.962 bits per heavy atom. The lowest BCUT2D eigenvalue weighted by molar-refractivity contribution is -0.115. The Labute approximate surface area is 154 Å². The molecule has 0 aliphatic carbocycles. The molecule has 0 bridgehead atoms. The number of hydrogen-bond donors (Lipinski definition) is 2. The van der Waals surface area contributed by atoms with E-state index in [2.05, 4.69) is 10.6 Å². The SMILES string of the molecule is COc1ccc(NC(=O)CCNc2ccc(OC(C)C)cc2)cc1OC. The zero-order chi connectivity index (χ0) is 18.9. The highest BCUT2D eigenvalue weighted by atomic mass is 16.5. The van der Waals surface area contributed by atoms with E-state index in [1.54, 1.807) is 32.4 Å². The molecule has 0 aliphatic heterocycles. The van der Waals surface area contributed by atoms with Crippen molar-refractivity contribution in [2.45, 2.75) is 26.4 Å². The molecule has 0 heterocycles. The van der Waals surface area contributed by atoms with Crippen LogP contribution in [0.5, 0.6) is 17.2 Å². The molecule has 140 valence electrons. The van der Waals surface area contributed by atoms with Gasteiger partial charge >= 0.3 is 0 Å². The van der Waals surface area contributed by atoms with Gasteiger partial charge in [0.1, 0.15) is 5.75 Å². The fourth-order valence-corrected chi connectivity index (χ4v) is 2.38. The number of amides is 1. The van der Waals surface area contributed by atoms with Gasteiger partial charge in [0.25, 0.3) is 0 Å². The molecule has 0 fully saturated rings. The first-order valence-electron chi connectivity index (χ1n) is 8.54. The fraction of sp³-hybridized carbons (Fsp3) is 0.350. The summed E-state index contributed by atoms with van der Waals surface area (Å²) >= 11 is 0. The Bertz CT molecular complexity index is 714. The first kappa shape index (κ1) is 19.4. The topological polar surface area (TPSA) is 68.8 Å². The number of anilines is 2. The van der Waals surface area contributed by atoms with Gasteiger partial charge < -0.3 is 24.8 Å². The lowest BCUT2D eigenvalue weighted by Crippen LogP contribution is -2.16. The summed E-state index contributed by atoms with van der Waals surface area (Å²) in [7, 11) is 3.13. The largest absolute Gasteiger partial charge is 0.493 e. The number of ether oxygens (including phenoxy) is 3. The molecule has 0 saturated carbocycles. The quantitative estimate of drug-likeness (QED) is 0.711. The van der Waals surface area contributed by atoms with Crippen molar-refractivity contribution in [3.8, 4) is 17.2 Å². The van der Waals surface area contributed by atoms with Crippen LogP contribution >= 0.6 is 0 Å². The zero-order valence-corrected chi connectivity index (χ0v) is 15.7. The average Bonchev–Trinajstić information content (AvgIpc) is 2.62. The monoisotopic (exact) mass is 358 g/mol. The minimum absolute atomic E-state index is 0.0792. The van der Waals surface area contributed by atoms with E-state index in [1.807, 2.05) is 38.1 Å². The number of benzene rings is 2. The summed E-state index contributed by atoms with van der Waals surface area (Å²) in [6, 6.07) is 13.0. The molecule has 1 amide bonds. The Hall–Kier alpha value is -2.89. The van der Waals surface area contributed by atoms with Crippen LogP contribution in [-0.2, 0) is 4.79 Å². The maximum atomic E-state index is 12.1. The summed E-state index contributed by atoms with van der Waals surface area (Å²) in [5.41, 5.74) is 1.61. The standard InChI is InChI=1S/C20H26N2O4/c1-14(2)26-17-8-5-15(6-9-17)21-12-11-20(23)22-16-7-10-18(24-3)19(13-16)25-4/h5-10,13-14,21H,11-12H2,1-4H3,(H,22,23). The van der Waals surface area contributed by atoms with Crippen LogP contribution in [0.15, 0.2) is 42.5 Å². The summed E-state index contributed by atoms with van der Waals surface area (Å²) in [6.07, 6.45) is 0.493. The summed E-state index contributed by atoms with van der Waals surface area (Å²) in [5.74, 6) is 1.95. The number of carbonyl (C=O) groups is 1. The maximum absolute atomic E-state index is 12.1. The van der Waals surface area contributed by atoms with Crippen LogP contribution in [0.25, 0.3) is 0 Å². The number of nitrogens with one attached hydrogen (secondary N) is 2. The van der Waals surface area contributed by atoms with E-state index < -0.39 is 0 Å². The second-order valence-corrected chi connectivity index (χ2v) is 5.99. The zero-order valence-electron chi connectivity index (χ0n) is 15.7. The van der Waals surface area contributed by atoms with Crippen molar-refractivity contribution in [1.82, 2.24) is 0 Å². The van der Waals surface area contributed by atoms with Gasteiger partial charge in [-0.1, -0.05) is 0 Å². The molecule has 2 aromatic carbocycles. The van der Waals surface area contributed by atoms with Gasteiger partial charge in [-0.25, -0.2) is 0 Å². The van der Waals surface area contributed by atoms with Crippen molar-refractivity contribution in [2.75, 3.05) is 31.4 Å². The molecular formula is C20H26N2O4. The second kappa shape index (κ2) is 9.56. The highest BCUT2D eigenvalue weighted by Gasteiger charge is 2.07. The highest BCUT2D eigenvalue weighted by molar-refractivity contribution is 5.91. The summed E-state index contributed by atoms with van der Waals surface area (Å²) in [6.45, 7) is 4.51. The highest BCUT2D eigenvalue weighted by Crippen LogP contribution is 2.29. The van der Waals surface area contributed by atoms with Crippen molar-refractivity contribution < 1.29 is 19.0 Å². The Morgan fingerprint density at radius 3 is 2.23 bits per heavy atom. The molecular weight excluding hydrogens is 332 g/mol. The molecule has 6 nitrogen and oxygen atoms in total. The molecule has 6 heteroatoms. The van der Waals surface area contributed by atoms with E-state index in [1.165, 1.54) is 0 Å². The van der Waals surface area contributed by atoms with Crippen LogP contribution in [-0.4, -0.2) is 32.8 Å².